The Hall–Kier alpha value is -7.86. The lowest BCUT2D eigenvalue weighted by Crippen LogP contribution is -2.00. The van der Waals surface area contributed by atoms with Gasteiger partial charge in [-0.15, -0.1) is 11.3 Å². The highest BCUT2D eigenvalue weighted by Gasteiger charge is 2.20. The van der Waals surface area contributed by atoms with Crippen LogP contribution < -0.4 is 0 Å². The SMILES string of the molecule is N#Cc1ccc(-c2ccc(-c3nc(-c4ccccc4)nc(-c4cccc5oc6cc(-c7nc(-c8ccccc8)c8sc9ccccc9c8n7)ccc6c45)n3)cc2)cc1. The Morgan fingerprint density at radius 2 is 1.05 bits per heavy atom. The zero-order valence-electron chi connectivity index (χ0n) is 30.7. The molecule has 0 bridgehead atoms. The first-order valence-electron chi connectivity index (χ1n) is 18.8. The van der Waals surface area contributed by atoms with E-state index in [-0.39, 0.29) is 0 Å². The maximum Gasteiger partial charge on any atom is 0.164 e. The quantitative estimate of drug-likeness (QED) is 0.166. The largest absolute Gasteiger partial charge is 0.456 e. The molecule has 0 amide bonds. The number of hydrogen-bond donors (Lipinski definition) is 0. The third-order valence-corrected chi connectivity index (χ3v) is 11.6. The zero-order valence-corrected chi connectivity index (χ0v) is 31.5. The minimum atomic E-state index is 0.544. The van der Waals surface area contributed by atoms with Gasteiger partial charge in [0.05, 0.1) is 27.5 Å². The van der Waals surface area contributed by atoms with Crippen molar-refractivity contribution in [2.75, 3.05) is 0 Å². The Morgan fingerprint density at radius 3 is 1.79 bits per heavy atom. The molecule has 0 unspecified atom stereocenters. The second-order valence-electron chi connectivity index (χ2n) is 14.0. The molecule has 0 atom stereocenters. The molecule has 0 aliphatic carbocycles. The Labute approximate surface area is 336 Å². The molecular weight excluding hydrogens is 733 g/mol. The van der Waals surface area contributed by atoms with Crippen molar-refractivity contribution >= 4 is 53.6 Å². The summed E-state index contributed by atoms with van der Waals surface area (Å²) in [6.45, 7) is 0. The first kappa shape index (κ1) is 33.5. The van der Waals surface area contributed by atoms with Gasteiger partial charge < -0.3 is 4.42 Å². The minimum absolute atomic E-state index is 0.544. The number of fused-ring (bicyclic) bond motifs is 6. The highest BCUT2D eigenvalue weighted by atomic mass is 32.1. The number of hydrogen-bond acceptors (Lipinski definition) is 8. The predicted molar refractivity (Wildman–Crippen MR) is 233 cm³/mol. The minimum Gasteiger partial charge on any atom is -0.456 e. The van der Waals surface area contributed by atoms with E-state index in [1.54, 1.807) is 11.3 Å². The molecule has 0 saturated carbocycles. The second kappa shape index (κ2) is 13.7. The summed E-state index contributed by atoms with van der Waals surface area (Å²) in [7, 11) is 0. The van der Waals surface area contributed by atoms with Gasteiger partial charge in [0.2, 0.25) is 0 Å². The van der Waals surface area contributed by atoms with Gasteiger partial charge in [0.15, 0.2) is 23.3 Å². The molecule has 7 nitrogen and oxygen atoms in total. The van der Waals surface area contributed by atoms with Crippen molar-refractivity contribution in [3.8, 4) is 74.0 Å². The molecule has 8 heteroatoms. The number of furan rings is 1. The summed E-state index contributed by atoms with van der Waals surface area (Å²) in [6.07, 6.45) is 0. The van der Waals surface area contributed by atoms with Crippen LogP contribution in [-0.4, -0.2) is 24.9 Å². The summed E-state index contributed by atoms with van der Waals surface area (Å²) in [5, 5.41) is 12.2. The van der Waals surface area contributed by atoms with Crippen LogP contribution in [0.4, 0.5) is 0 Å². The van der Waals surface area contributed by atoms with Crippen molar-refractivity contribution in [1.29, 1.82) is 5.26 Å². The van der Waals surface area contributed by atoms with Crippen LogP contribution >= 0.6 is 11.3 Å². The van der Waals surface area contributed by atoms with Crippen molar-refractivity contribution in [3.05, 3.63) is 175 Å². The fourth-order valence-electron chi connectivity index (χ4n) is 7.55. The number of thiophene rings is 1. The lowest BCUT2D eigenvalue weighted by molar-refractivity contribution is 0.669. The molecule has 0 saturated heterocycles. The average molecular weight is 761 g/mol. The molecule has 0 fully saturated rings. The van der Waals surface area contributed by atoms with Gasteiger partial charge in [-0.2, -0.15) is 5.26 Å². The Balaban J connectivity index is 1.04. The highest BCUT2D eigenvalue weighted by molar-refractivity contribution is 7.26. The van der Waals surface area contributed by atoms with Gasteiger partial charge in [-0.1, -0.05) is 133 Å². The normalized spacial score (nSPS) is 11.4. The molecule has 4 heterocycles. The molecule has 0 aliphatic rings. The summed E-state index contributed by atoms with van der Waals surface area (Å²) < 4.78 is 8.84. The van der Waals surface area contributed by atoms with Gasteiger partial charge in [0.1, 0.15) is 11.2 Å². The van der Waals surface area contributed by atoms with Gasteiger partial charge in [-0.05, 0) is 47.5 Å². The monoisotopic (exact) mass is 760 g/mol. The molecule has 7 aromatic carbocycles. The topological polar surface area (TPSA) is 101 Å². The lowest BCUT2D eigenvalue weighted by atomic mass is 10.0. The summed E-state index contributed by atoms with van der Waals surface area (Å²) in [4.78, 5) is 25.5. The molecule has 0 radical (unpaired) electrons. The van der Waals surface area contributed by atoms with E-state index in [1.165, 1.54) is 4.70 Å². The van der Waals surface area contributed by atoms with E-state index in [2.05, 4.69) is 66.7 Å². The van der Waals surface area contributed by atoms with E-state index >= 15 is 0 Å². The fraction of sp³-hybridized carbons (Fsp3) is 0. The number of benzene rings is 7. The molecule has 4 aromatic heterocycles. The van der Waals surface area contributed by atoms with Gasteiger partial charge in [0.25, 0.3) is 0 Å². The standard InChI is InChI=1S/C50H28N6OS/c51-29-30-18-20-31(21-19-30)32-22-24-35(25-23-32)48-54-47(34-12-5-2-6-13-34)55-50(56-48)39-15-9-16-40-43(39)37-27-26-36(28-41(37)57-40)49-52-44(33-10-3-1-4-11-33)46-45(53-49)38-14-7-8-17-42(38)58-46/h1-28H. The van der Waals surface area contributed by atoms with Crippen molar-refractivity contribution in [1.82, 2.24) is 24.9 Å². The number of aromatic nitrogens is 5. The first-order valence-corrected chi connectivity index (χ1v) is 19.6. The molecule has 0 N–H and O–H groups in total. The molecule has 270 valence electrons. The third kappa shape index (κ3) is 5.77. The van der Waals surface area contributed by atoms with Crippen LogP contribution in [0.15, 0.2) is 174 Å². The van der Waals surface area contributed by atoms with Crippen molar-refractivity contribution in [2.45, 2.75) is 0 Å². The number of rotatable bonds is 6. The van der Waals surface area contributed by atoms with Crippen LogP contribution in [0.5, 0.6) is 0 Å². The Bertz CT molecular complexity index is 3390. The van der Waals surface area contributed by atoms with Crippen LogP contribution in [0.3, 0.4) is 0 Å². The van der Waals surface area contributed by atoms with E-state index < -0.39 is 0 Å². The first-order chi connectivity index (χ1) is 28.7. The fourth-order valence-corrected chi connectivity index (χ4v) is 8.71. The molecule has 0 spiro atoms. The molecule has 58 heavy (non-hydrogen) atoms. The lowest BCUT2D eigenvalue weighted by Gasteiger charge is -2.10. The van der Waals surface area contributed by atoms with Gasteiger partial charge in [-0.3, -0.25) is 0 Å². The van der Waals surface area contributed by atoms with E-state index in [4.69, 9.17) is 29.3 Å². The van der Waals surface area contributed by atoms with E-state index in [9.17, 15) is 5.26 Å². The Kier molecular flexibility index (Phi) is 7.91. The van der Waals surface area contributed by atoms with E-state index in [0.29, 0.717) is 28.9 Å². The average Bonchev–Trinajstić information content (AvgIpc) is 3.87. The summed E-state index contributed by atoms with van der Waals surface area (Å²) in [5.74, 6) is 2.32. The molecule has 0 aliphatic heterocycles. The van der Waals surface area contributed by atoms with Gasteiger partial charge >= 0.3 is 0 Å². The summed E-state index contributed by atoms with van der Waals surface area (Å²) >= 11 is 1.72. The third-order valence-electron chi connectivity index (χ3n) is 10.4. The highest BCUT2D eigenvalue weighted by Crippen LogP contribution is 2.41. The molecular formula is C50H28N6OS. The molecule has 11 rings (SSSR count). The summed E-state index contributed by atoms with van der Waals surface area (Å²) in [5.41, 5.74) is 10.5. The Morgan fingerprint density at radius 1 is 0.448 bits per heavy atom. The van der Waals surface area contributed by atoms with Crippen LogP contribution in [0.2, 0.25) is 0 Å². The van der Waals surface area contributed by atoms with Crippen molar-refractivity contribution < 1.29 is 4.42 Å². The van der Waals surface area contributed by atoms with Crippen LogP contribution in [0.1, 0.15) is 5.56 Å². The summed E-state index contributed by atoms with van der Waals surface area (Å²) in [6, 6.07) is 58.8. The smallest absolute Gasteiger partial charge is 0.164 e. The predicted octanol–water partition coefficient (Wildman–Crippen LogP) is 12.8. The number of nitriles is 1. The number of nitrogens with zero attached hydrogens (tertiary/aromatic N) is 6. The van der Waals surface area contributed by atoms with Crippen LogP contribution in [0, 0.1) is 11.3 Å². The van der Waals surface area contributed by atoms with E-state index in [1.807, 2.05) is 109 Å². The van der Waals surface area contributed by atoms with Gasteiger partial charge in [-0.25, -0.2) is 24.9 Å². The zero-order chi connectivity index (χ0) is 38.6. The van der Waals surface area contributed by atoms with Crippen molar-refractivity contribution in [3.63, 3.8) is 0 Å². The van der Waals surface area contributed by atoms with Crippen molar-refractivity contribution in [2.24, 2.45) is 0 Å². The van der Waals surface area contributed by atoms with Gasteiger partial charge in [0, 0.05) is 48.7 Å². The maximum atomic E-state index is 9.24. The molecule has 11 aromatic rings. The maximum absolute atomic E-state index is 9.24. The van der Waals surface area contributed by atoms with E-state index in [0.717, 1.165) is 82.2 Å². The van der Waals surface area contributed by atoms with Crippen LogP contribution in [0.25, 0.3) is 110 Å². The van der Waals surface area contributed by atoms with Crippen LogP contribution in [-0.2, 0) is 0 Å². The second-order valence-corrected chi connectivity index (χ2v) is 15.0.